The average molecular weight is 371 g/mol. The zero-order valence-electron chi connectivity index (χ0n) is 16.2. The first-order valence-corrected chi connectivity index (χ1v) is 9.85. The van der Waals surface area contributed by atoms with Crippen LogP contribution in [0.3, 0.4) is 0 Å². The van der Waals surface area contributed by atoms with Crippen LogP contribution in [0.5, 0.6) is 0 Å². The van der Waals surface area contributed by atoms with Crippen molar-refractivity contribution in [3.63, 3.8) is 0 Å². The van der Waals surface area contributed by atoms with Crippen LogP contribution in [-0.4, -0.2) is 40.9 Å². The van der Waals surface area contributed by atoms with Gasteiger partial charge in [-0.2, -0.15) is 0 Å². The van der Waals surface area contributed by atoms with Crippen molar-refractivity contribution in [3.8, 4) is 0 Å². The Morgan fingerprint density at radius 2 is 1.85 bits per heavy atom. The molecule has 1 saturated carbocycles. The lowest BCUT2D eigenvalue weighted by atomic mass is 9.87. The zero-order valence-corrected chi connectivity index (χ0v) is 16.2. The number of benzene rings is 1. The molecule has 146 valence electrons. The first-order valence-electron chi connectivity index (χ1n) is 9.85. The second-order valence-corrected chi connectivity index (χ2v) is 8.16. The van der Waals surface area contributed by atoms with Crippen LogP contribution in [0.2, 0.25) is 0 Å². The molecule has 1 heterocycles. The Bertz CT molecular complexity index is 698. The number of nitrogens with one attached hydrogen (secondary N) is 2. The van der Waals surface area contributed by atoms with Gasteiger partial charge in [-0.1, -0.05) is 37.3 Å². The molecule has 2 fully saturated rings. The SMILES string of the molecule is CC1CCC(NC(=O)CN2C(=O)N[C@](C)(CCc3ccccc3)C2=O)CC1. The number of urea groups is 1. The van der Waals surface area contributed by atoms with Gasteiger partial charge in [-0.05, 0) is 56.9 Å². The number of rotatable bonds is 6. The minimum absolute atomic E-state index is 0.152. The summed E-state index contributed by atoms with van der Waals surface area (Å²) in [4.78, 5) is 38.5. The minimum atomic E-state index is -0.965. The molecule has 1 atom stereocenters. The van der Waals surface area contributed by atoms with E-state index in [-0.39, 0.29) is 24.4 Å². The van der Waals surface area contributed by atoms with Crippen molar-refractivity contribution in [2.24, 2.45) is 5.92 Å². The second kappa shape index (κ2) is 8.11. The van der Waals surface area contributed by atoms with E-state index in [1.54, 1.807) is 6.92 Å². The summed E-state index contributed by atoms with van der Waals surface area (Å²) in [6.45, 7) is 3.75. The van der Waals surface area contributed by atoms with Crippen LogP contribution >= 0.6 is 0 Å². The van der Waals surface area contributed by atoms with Crippen molar-refractivity contribution in [3.05, 3.63) is 35.9 Å². The molecule has 0 aromatic heterocycles. The standard InChI is InChI=1S/C21H29N3O3/c1-15-8-10-17(11-9-15)22-18(25)14-24-19(26)21(2,23-20(24)27)13-12-16-6-4-3-5-7-16/h3-7,15,17H,8-14H2,1-2H3,(H,22,25)(H,23,27)/t15?,17?,21-/m1/s1. The van der Waals surface area contributed by atoms with Gasteiger partial charge in [0.1, 0.15) is 12.1 Å². The van der Waals surface area contributed by atoms with E-state index in [0.717, 1.165) is 36.1 Å². The van der Waals surface area contributed by atoms with Gasteiger partial charge in [-0.25, -0.2) is 4.79 Å². The van der Waals surface area contributed by atoms with Crippen LogP contribution in [-0.2, 0) is 16.0 Å². The summed E-state index contributed by atoms with van der Waals surface area (Å²) in [5, 5.41) is 5.75. The Kier molecular flexibility index (Phi) is 5.82. The predicted octanol–water partition coefficient (Wildman–Crippen LogP) is 2.62. The highest BCUT2D eigenvalue weighted by Gasteiger charge is 2.47. The van der Waals surface area contributed by atoms with Crippen molar-refractivity contribution >= 4 is 17.8 Å². The molecule has 0 radical (unpaired) electrons. The van der Waals surface area contributed by atoms with Crippen LogP contribution in [0, 0.1) is 5.92 Å². The maximum Gasteiger partial charge on any atom is 0.325 e. The van der Waals surface area contributed by atoms with Crippen LogP contribution in [0.4, 0.5) is 4.79 Å². The van der Waals surface area contributed by atoms with Crippen LogP contribution in [0.25, 0.3) is 0 Å². The Hall–Kier alpha value is -2.37. The quantitative estimate of drug-likeness (QED) is 0.755. The van der Waals surface area contributed by atoms with Crippen molar-refractivity contribution in [2.75, 3.05) is 6.54 Å². The van der Waals surface area contributed by atoms with Crippen molar-refractivity contribution < 1.29 is 14.4 Å². The second-order valence-electron chi connectivity index (χ2n) is 8.16. The van der Waals surface area contributed by atoms with E-state index in [1.165, 1.54) is 0 Å². The number of hydrogen-bond acceptors (Lipinski definition) is 3. The first-order chi connectivity index (χ1) is 12.9. The molecule has 0 spiro atoms. The molecule has 0 bridgehead atoms. The molecule has 1 aliphatic carbocycles. The van der Waals surface area contributed by atoms with Crippen LogP contribution < -0.4 is 10.6 Å². The molecular weight excluding hydrogens is 342 g/mol. The van der Waals surface area contributed by atoms with E-state index in [2.05, 4.69) is 17.6 Å². The molecule has 0 unspecified atom stereocenters. The highest BCUT2D eigenvalue weighted by molar-refractivity contribution is 6.08. The third-order valence-electron chi connectivity index (χ3n) is 5.78. The molecule has 2 N–H and O–H groups in total. The smallest absolute Gasteiger partial charge is 0.325 e. The number of carbonyl (C=O) groups excluding carboxylic acids is 3. The lowest BCUT2D eigenvalue weighted by Crippen LogP contribution is -2.47. The fraction of sp³-hybridized carbons (Fsp3) is 0.571. The molecule has 1 aliphatic heterocycles. The van der Waals surface area contributed by atoms with Crippen molar-refractivity contribution in [1.82, 2.24) is 15.5 Å². The van der Waals surface area contributed by atoms with Crippen LogP contribution in [0.1, 0.15) is 51.5 Å². The molecule has 27 heavy (non-hydrogen) atoms. The van der Waals surface area contributed by atoms with Gasteiger partial charge in [0.15, 0.2) is 0 Å². The molecule has 6 nitrogen and oxygen atoms in total. The molecule has 1 aromatic rings. The summed E-state index contributed by atoms with van der Waals surface area (Å²) >= 11 is 0. The van der Waals surface area contributed by atoms with E-state index >= 15 is 0 Å². The highest BCUT2D eigenvalue weighted by atomic mass is 16.2. The topological polar surface area (TPSA) is 78.5 Å². The lowest BCUT2D eigenvalue weighted by molar-refractivity contribution is -0.135. The summed E-state index contributed by atoms with van der Waals surface area (Å²) < 4.78 is 0. The monoisotopic (exact) mass is 371 g/mol. The van der Waals surface area contributed by atoms with E-state index in [4.69, 9.17) is 0 Å². The van der Waals surface area contributed by atoms with Gasteiger partial charge in [0, 0.05) is 6.04 Å². The molecule has 6 heteroatoms. The van der Waals surface area contributed by atoms with Gasteiger partial charge in [0.25, 0.3) is 5.91 Å². The van der Waals surface area contributed by atoms with Gasteiger partial charge in [-0.3, -0.25) is 14.5 Å². The van der Waals surface area contributed by atoms with Gasteiger partial charge in [-0.15, -0.1) is 0 Å². The van der Waals surface area contributed by atoms with Gasteiger partial charge >= 0.3 is 6.03 Å². The van der Waals surface area contributed by atoms with Gasteiger partial charge in [0.05, 0.1) is 0 Å². The molecule has 4 amide bonds. The summed E-state index contributed by atoms with van der Waals surface area (Å²) in [5.41, 5.74) is 0.150. The van der Waals surface area contributed by atoms with E-state index in [0.29, 0.717) is 18.8 Å². The molecule has 1 saturated heterocycles. The number of imide groups is 1. The first kappa shape index (κ1) is 19.4. The Morgan fingerprint density at radius 1 is 1.19 bits per heavy atom. The molecule has 1 aromatic carbocycles. The maximum absolute atomic E-state index is 12.8. The zero-order chi connectivity index (χ0) is 19.4. The number of nitrogens with zero attached hydrogens (tertiary/aromatic N) is 1. The minimum Gasteiger partial charge on any atom is -0.352 e. The van der Waals surface area contributed by atoms with Gasteiger partial charge in [0.2, 0.25) is 5.91 Å². The Balaban J connectivity index is 1.54. The number of amides is 4. The Labute approximate surface area is 160 Å². The van der Waals surface area contributed by atoms with Gasteiger partial charge < -0.3 is 10.6 Å². The maximum atomic E-state index is 12.8. The number of hydrogen-bond donors (Lipinski definition) is 2. The van der Waals surface area contributed by atoms with Crippen molar-refractivity contribution in [1.29, 1.82) is 0 Å². The highest BCUT2D eigenvalue weighted by Crippen LogP contribution is 2.25. The molecule has 3 rings (SSSR count). The van der Waals surface area contributed by atoms with Crippen molar-refractivity contribution in [2.45, 2.75) is 64.0 Å². The summed E-state index contributed by atoms with van der Waals surface area (Å²) in [5.74, 6) is 0.121. The third kappa shape index (κ3) is 4.67. The Morgan fingerprint density at radius 3 is 2.52 bits per heavy atom. The summed E-state index contributed by atoms with van der Waals surface area (Å²) in [6, 6.07) is 9.52. The van der Waals surface area contributed by atoms with E-state index < -0.39 is 11.6 Å². The number of carbonyl (C=O) groups is 3. The fourth-order valence-corrected chi connectivity index (χ4v) is 3.92. The molecule has 2 aliphatic rings. The molecular formula is C21H29N3O3. The predicted molar refractivity (Wildman–Crippen MR) is 103 cm³/mol. The fourth-order valence-electron chi connectivity index (χ4n) is 3.92. The van der Waals surface area contributed by atoms with E-state index in [9.17, 15) is 14.4 Å². The third-order valence-corrected chi connectivity index (χ3v) is 5.78. The summed E-state index contributed by atoms with van der Waals surface area (Å²) in [6.07, 6.45) is 5.31. The average Bonchev–Trinajstić information content (AvgIpc) is 2.86. The summed E-state index contributed by atoms with van der Waals surface area (Å²) in [7, 11) is 0. The number of aryl methyl sites for hydroxylation is 1. The largest absolute Gasteiger partial charge is 0.352 e. The van der Waals surface area contributed by atoms with Crippen LogP contribution in [0.15, 0.2) is 30.3 Å². The van der Waals surface area contributed by atoms with E-state index in [1.807, 2.05) is 30.3 Å². The lowest BCUT2D eigenvalue weighted by Gasteiger charge is -2.27. The normalized spacial score (nSPS) is 28.1.